The molecule has 0 fully saturated rings. The SMILES string of the molecule is Cl.NCC(F)(F)CNS(=O)(=O)c1ccc2c(c1)C(=O)NCC2. The molecule has 0 unspecified atom stereocenters. The van der Waals surface area contributed by atoms with Crippen LogP contribution in [0.25, 0.3) is 0 Å². The molecule has 0 saturated carbocycles. The highest BCUT2D eigenvalue weighted by Crippen LogP contribution is 2.19. The standard InChI is InChI=1S/C12H15F2N3O3S.ClH/c13-12(14,6-15)7-17-21(19,20)9-2-1-8-3-4-16-11(18)10(8)5-9;/h1-2,5,17H,3-4,6-7,15H2,(H,16,18);1H. The summed E-state index contributed by atoms with van der Waals surface area (Å²) in [4.78, 5) is 11.4. The monoisotopic (exact) mass is 355 g/mol. The summed E-state index contributed by atoms with van der Waals surface area (Å²) in [5.41, 5.74) is 5.82. The van der Waals surface area contributed by atoms with Crippen LogP contribution in [0.5, 0.6) is 0 Å². The van der Waals surface area contributed by atoms with Crippen molar-refractivity contribution >= 4 is 28.3 Å². The fraction of sp³-hybridized carbons (Fsp3) is 0.417. The van der Waals surface area contributed by atoms with E-state index >= 15 is 0 Å². The van der Waals surface area contributed by atoms with Gasteiger partial charge in [0.1, 0.15) is 0 Å². The second-order valence-corrected chi connectivity index (χ2v) is 6.48. The molecule has 1 aliphatic rings. The maximum Gasteiger partial charge on any atom is 0.273 e. The van der Waals surface area contributed by atoms with Crippen LogP contribution >= 0.6 is 12.4 Å². The van der Waals surface area contributed by atoms with Gasteiger partial charge < -0.3 is 11.1 Å². The zero-order valence-electron chi connectivity index (χ0n) is 11.4. The van der Waals surface area contributed by atoms with E-state index in [0.29, 0.717) is 13.0 Å². The third-order valence-corrected chi connectivity index (χ3v) is 4.53. The van der Waals surface area contributed by atoms with Crippen LogP contribution in [0, 0.1) is 0 Å². The van der Waals surface area contributed by atoms with Crippen LogP contribution in [0.15, 0.2) is 23.1 Å². The van der Waals surface area contributed by atoms with Crippen molar-refractivity contribution in [3.8, 4) is 0 Å². The molecule has 124 valence electrons. The fourth-order valence-electron chi connectivity index (χ4n) is 1.91. The molecule has 0 bridgehead atoms. The Kier molecular flexibility index (Phi) is 5.85. The Morgan fingerprint density at radius 2 is 2.05 bits per heavy atom. The van der Waals surface area contributed by atoms with E-state index in [9.17, 15) is 22.0 Å². The zero-order chi connectivity index (χ0) is 15.7. The van der Waals surface area contributed by atoms with Gasteiger partial charge in [-0.3, -0.25) is 4.79 Å². The van der Waals surface area contributed by atoms with Crippen LogP contribution in [0.3, 0.4) is 0 Å². The summed E-state index contributed by atoms with van der Waals surface area (Å²) < 4.78 is 51.8. The predicted octanol–water partition coefficient (Wildman–Crippen LogP) is 0.267. The number of sulfonamides is 1. The fourth-order valence-corrected chi connectivity index (χ4v) is 3.00. The van der Waals surface area contributed by atoms with Gasteiger partial charge in [0, 0.05) is 12.1 Å². The highest BCUT2D eigenvalue weighted by Gasteiger charge is 2.30. The molecule has 1 aliphatic heterocycles. The number of alkyl halides is 2. The molecule has 2 rings (SSSR count). The Labute approximate surface area is 132 Å². The summed E-state index contributed by atoms with van der Waals surface area (Å²) >= 11 is 0. The molecule has 0 atom stereocenters. The third kappa shape index (κ3) is 4.13. The minimum absolute atomic E-state index is 0. The van der Waals surface area contributed by atoms with Crippen LogP contribution in [0.2, 0.25) is 0 Å². The van der Waals surface area contributed by atoms with Crippen molar-refractivity contribution in [1.29, 1.82) is 0 Å². The number of halogens is 3. The quantitative estimate of drug-likeness (QED) is 0.705. The molecular formula is C12H16ClF2N3O3S. The number of fused-ring (bicyclic) bond motifs is 1. The number of hydrogen-bond donors (Lipinski definition) is 3. The summed E-state index contributed by atoms with van der Waals surface area (Å²) in [6.45, 7) is -1.56. The molecule has 1 aromatic rings. The van der Waals surface area contributed by atoms with Crippen molar-refractivity contribution in [3.63, 3.8) is 0 Å². The first-order valence-electron chi connectivity index (χ1n) is 6.24. The molecule has 0 spiro atoms. The maximum atomic E-state index is 13.0. The van der Waals surface area contributed by atoms with Crippen molar-refractivity contribution in [1.82, 2.24) is 10.0 Å². The number of hydrogen-bond acceptors (Lipinski definition) is 4. The normalized spacial score (nSPS) is 14.8. The number of carbonyl (C=O) groups is 1. The second-order valence-electron chi connectivity index (χ2n) is 4.71. The Hall–Kier alpha value is -1.29. The van der Waals surface area contributed by atoms with Crippen molar-refractivity contribution < 1.29 is 22.0 Å². The first-order valence-corrected chi connectivity index (χ1v) is 7.72. The topological polar surface area (TPSA) is 101 Å². The van der Waals surface area contributed by atoms with E-state index in [1.807, 2.05) is 0 Å². The summed E-state index contributed by atoms with van der Waals surface area (Å²) in [5, 5.41) is 2.59. The van der Waals surface area contributed by atoms with E-state index in [1.54, 1.807) is 4.72 Å². The number of benzene rings is 1. The average Bonchev–Trinajstić information content (AvgIpc) is 2.46. The van der Waals surface area contributed by atoms with Gasteiger partial charge in [-0.25, -0.2) is 21.9 Å². The van der Waals surface area contributed by atoms with Crippen LogP contribution < -0.4 is 15.8 Å². The largest absolute Gasteiger partial charge is 0.352 e. The minimum Gasteiger partial charge on any atom is -0.352 e. The summed E-state index contributed by atoms with van der Waals surface area (Å²) in [5.74, 6) is -3.70. The van der Waals surface area contributed by atoms with Crippen molar-refractivity contribution in [2.45, 2.75) is 17.2 Å². The van der Waals surface area contributed by atoms with Crippen LogP contribution in [0.4, 0.5) is 8.78 Å². The predicted molar refractivity (Wildman–Crippen MR) is 78.9 cm³/mol. The van der Waals surface area contributed by atoms with Crippen molar-refractivity contribution in [2.24, 2.45) is 5.73 Å². The van der Waals surface area contributed by atoms with Crippen LogP contribution in [0.1, 0.15) is 15.9 Å². The van der Waals surface area contributed by atoms with E-state index in [-0.39, 0.29) is 28.8 Å². The van der Waals surface area contributed by atoms with Gasteiger partial charge in [-0.15, -0.1) is 12.4 Å². The minimum atomic E-state index is -4.13. The van der Waals surface area contributed by atoms with Gasteiger partial charge in [0.2, 0.25) is 10.0 Å². The summed E-state index contributed by atoms with van der Waals surface area (Å²) in [6, 6.07) is 4.00. The summed E-state index contributed by atoms with van der Waals surface area (Å²) in [7, 11) is -4.13. The van der Waals surface area contributed by atoms with Crippen LogP contribution in [-0.2, 0) is 16.4 Å². The number of rotatable bonds is 5. The van der Waals surface area contributed by atoms with Gasteiger partial charge in [0.05, 0.1) is 18.0 Å². The lowest BCUT2D eigenvalue weighted by atomic mass is 10.0. The van der Waals surface area contributed by atoms with E-state index in [2.05, 4.69) is 5.32 Å². The lowest BCUT2D eigenvalue weighted by Gasteiger charge is -2.18. The average molecular weight is 356 g/mol. The lowest BCUT2D eigenvalue weighted by Crippen LogP contribution is -2.41. The molecular weight excluding hydrogens is 340 g/mol. The second kappa shape index (κ2) is 6.86. The zero-order valence-corrected chi connectivity index (χ0v) is 13.1. The van der Waals surface area contributed by atoms with Gasteiger partial charge in [-0.05, 0) is 24.1 Å². The van der Waals surface area contributed by atoms with Gasteiger partial charge in [-0.2, -0.15) is 0 Å². The Bertz CT molecular complexity index is 668. The maximum absolute atomic E-state index is 13.0. The molecule has 0 radical (unpaired) electrons. The molecule has 0 saturated heterocycles. The van der Waals surface area contributed by atoms with E-state index < -0.39 is 29.0 Å². The Balaban J connectivity index is 0.00000242. The Morgan fingerprint density at radius 1 is 1.36 bits per heavy atom. The van der Waals surface area contributed by atoms with Gasteiger partial charge in [0.15, 0.2) is 0 Å². The molecule has 1 amide bonds. The third-order valence-electron chi connectivity index (χ3n) is 3.14. The molecule has 4 N–H and O–H groups in total. The molecule has 1 aromatic carbocycles. The van der Waals surface area contributed by atoms with Crippen LogP contribution in [-0.4, -0.2) is 39.9 Å². The molecule has 0 aliphatic carbocycles. The van der Waals surface area contributed by atoms with E-state index in [1.165, 1.54) is 18.2 Å². The number of carbonyl (C=O) groups excluding carboxylic acids is 1. The highest BCUT2D eigenvalue weighted by atomic mass is 35.5. The Morgan fingerprint density at radius 3 is 2.68 bits per heavy atom. The number of nitrogens with one attached hydrogen (secondary N) is 2. The molecule has 0 aromatic heterocycles. The smallest absolute Gasteiger partial charge is 0.273 e. The molecule has 1 heterocycles. The molecule has 6 nitrogen and oxygen atoms in total. The molecule has 10 heteroatoms. The summed E-state index contributed by atoms with van der Waals surface area (Å²) in [6.07, 6.45) is 0.597. The van der Waals surface area contributed by atoms with Gasteiger partial charge >= 0.3 is 0 Å². The first-order chi connectivity index (χ1) is 9.75. The number of nitrogens with two attached hydrogens (primary N) is 1. The first kappa shape index (κ1) is 18.8. The van der Waals surface area contributed by atoms with Gasteiger partial charge in [0.25, 0.3) is 11.8 Å². The van der Waals surface area contributed by atoms with Crippen molar-refractivity contribution in [3.05, 3.63) is 29.3 Å². The van der Waals surface area contributed by atoms with E-state index in [4.69, 9.17) is 5.73 Å². The van der Waals surface area contributed by atoms with Gasteiger partial charge in [-0.1, -0.05) is 6.07 Å². The number of amides is 1. The highest BCUT2D eigenvalue weighted by molar-refractivity contribution is 7.89. The molecule has 22 heavy (non-hydrogen) atoms. The van der Waals surface area contributed by atoms with E-state index in [0.717, 1.165) is 5.56 Å². The van der Waals surface area contributed by atoms with Crippen molar-refractivity contribution in [2.75, 3.05) is 19.6 Å². The lowest BCUT2D eigenvalue weighted by molar-refractivity contribution is 0.0170.